The van der Waals surface area contributed by atoms with Gasteiger partial charge in [-0.05, 0) is 31.5 Å². The van der Waals surface area contributed by atoms with E-state index in [0.29, 0.717) is 5.69 Å². The second-order valence-corrected chi connectivity index (χ2v) is 4.61. The molecule has 0 amide bonds. The number of aliphatic hydroxyl groups is 1. The molecule has 0 aliphatic carbocycles. The number of rotatable bonds is 3. The lowest BCUT2D eigenvalue weighted by molar-refractivity contribution is 0.0690. The van der Waals surface area contributed by atoms with Crippen molar-refractivity contribution in [1.82, 2.24) is 10.2 Å². The number of nitrogens with zero attached hydrogens (tertiary/aromatic N) is 1. The van der Waals surface area contributed by atoms with E-state index in [1.54, 1.807) is 26.0 Å². The van der Waals surface area contributed by atoms with Crippen LogP contribution in [0, 0.1) is 0 Å². The standard InChI is InChI=1S/C13H14N2O3/c1-13(2,18)9-5-3-4-8(6-9)10-7-11(12(16)17)15-14-10/h3-7,18H,1-2H3,(H,14,15)(H,16,17). The molecule has 0 spiro atoms. The summed E-state index contributed by atoms with van der Waals surface area (Å²) in [5.74, 6) is -1.05. The molecule has 1 aromatic carbocycles. The highest BCUT2D eigenvalue weighted by molar-refractivity contribution is 5.86. The number of aromatic carboxylic acids is 1. The van der Waals surface area contributed by atoms with Gasteiger partial charge >= 0.3 is 5.97 Å². The maximum atomic E-state index is 10.8. The average Bonchev–Trinajstić information content (AvgIpc) is 2.77. The molecule has 0 radical (unpaired) electrons. The van der Waals surface area contributed by atoms with E-state index < -0.39 is 11.6 Å². The Morgan fingerprint density at radius 3 is 2.61 bits per heavy atom. The van der Waals surface area contributed by atoms with Crippen LogP contribution in [0.2, 0.25) is 0 Å². The van der Waals surface area contributed by atoms with Crippen LogP contribution >= 0.6 is 0 Å². The zero-order valence-electron chi connectivity index (χ0n) is 10.1. The van der Waals surface area contributed by atoms with E-state index in [1.807, 2.05) is 12.1 Å². The molecule has 0 aliphatic heterocycles. The van der Waals surface area contributed by atoms with Crippen molar-refractivity contribution < 1.29 is 15.0 Å². The molecule has 0 saturated heterocycles. The molecule has 0 saturated carbocycles. The van der Waals surface area contributed by atoms with Crippen molar-refractivity contribution in [3.8, 4) is 11.3 Å². The summed E-state index contributed by atoms with van der Waals surface area (Å²) in [6, 6.07) is 8.69. The van der Waals surface area contributed by atoms with Crippen molar-refractivity contribution in [3.05, 3.63) is 41.6 Å². The molecule has 1 aromatic heterocycles. The first kappa shape index (κ1) is 12.3. The number of carboxylic acids is 1. The number of H-pyrrole nitrogens is 1. The van der Waals surface area contributed by atoms with Crippen molar-refractivity contribution in [2.75, 3.05) is 0 Å². The molecular formula is C13H14N2O3. The van der Waals surface area contributed by atoms with Gasteiger partial charge in [-0.25, -0.2) is 4.79 Å². The minimum Gasteiger partial charge on any atom is -0.477 e. The molecule has 5 heteroatoms. The molecule has 2 aromatic rings. The number of hydrogen-bond acceptors (Lipinski definition) is 3. The van der Waals surface area contributed by atoms with Crippen molar-refractivity contribution in [2.45, 2.75) is 19.4 Å². The maximum Gasteiger partial charge on any atom is 0.353 e. The van der Waals surface area contributed by atoms with Crippen LogP contribution in [-0.2, 0) is 5.60 Å². The Morgan fingerprint density at radius 1 is 1.33 bits per heavy atom. The minimum absolute atomic E-state index is 0.0404. The average molecular weight is 246 g/mol. The first-order valence-electron chi connectivity index (χ1n) is 5.50. The van der Waals surface area contributed by atoms with Crippen LogP contribution in [0.15, 0.2) is 30.3 Å². The summed E-state index contributed by atoms with van der Waals surface area (Å²) < 4.78 is 0. The van der Waals surface area contributed by atoms with Crippen LogP contribution in [0.5, 0.6) is 0 Å². The fraction of sp³-hybridized carbons (Fsp3) is 0.231. The summed E-state index contributed by atoms with van der Waals surface area (Å²) in [7, 11) is 0. The van der Waals surface area contributed by atoms with Gasteiger partial charge in [0.25, 0.3) is 0 Å². The van der Waals surface area contributed by atoms with Gasteiger partial charge in [0, 0.05) is 5.56 Å². The van der Waals surface area contributed by atoms with Gasteiger partial charge in [-0.1, -0.05) is 18.2 Å². The predicted molar refractivity (Wildman–Crippen MR) is 66.2 cm³/mol. The Balaban J connectivity index is 2.41. The Labute approximate surface area is 104 Å². The van der Waals surface area contributed by atoms with Crippen LogP contribution < -0.4 is 0 Å². The normalized spacial score (nSPS) is 11.5. The van der Waals surface area contributed by atoms with E-state index >= 15 is 0 Å². The number of nitrogens with one attached hydrogen (secondary N) is 1. The number of aromatic nitrogens is 2. The summed E-state index contributed by atoms with van der Waals surface area (Å²) in [5.41, 5.74) is 1.15. The molecule has 1 heterocycles. The number of benzene rings is 1. The highest BCUT2D eigenvalue weighted by Crippen LogP contribution is 2.25. The zero-order valence-corrected chi connectivity index (χ0v) is 10.1. The quantitative estimate of drug-likeness (QED) is 0.773. The highest BCUT2D eigenvalue weighted by atomic mass is 16.4. The predicted octanol–water partition coefficient (Wildman–Crippen LogP) is 2.00. The molecule has 94 valence electrons. The van der Waals surface area contributed by atoms with E-state index in [2.05, 4.69) is 10.2 Å². The lowest BCUT2D eigenvalue weighted by Gasteiger charge is -2.18. The molecule has 0 bridgehead atoms. The lowest BCUT2D eigenvalue weighted by Crippen LogP contribution is -2.15. The fourth-order valence-electron chi connectivity index (χ4n) is 1.64. The second kappa shape index (κ2) is 4.27. The summed E-state index contributed by atoms with van der Waals surface area (Å²) in [4.78, 5) is 10.8. The van der Waals surface area contributed by atoms with Crippen LogP contribution in [0.25, 0.3) is 11.3 Å². The molecule has 0 aliphatic rings. The van der Waals surface area contributed by atoms with Crippen molar-refractivity contribution in [3.63, 3.8) is 0 Å². The third kappa shape index (κ3) is 2.41. The second-order valence-electron chi connectivity index (χ2n) is 4.61. The Hall–Kier alpha value is -2.14. The molecule has 0 unspecified atom stereocenters. The molecule has 5 nitrogen and oxygen atoms in total. The van der Waals surface area contributed by atoms with Gasteiger partial charge < -0.3 is 10.2 Å². The van der Waals surface area contributed by atoms with Crippen molar-refractivity contribution >= 4 is 5.97 Å². The smallest absolute Gasteiger partial charge is 0.353 e. The monoisotopic (exact) mass is 246 g/mol. The van der Waals surface area contributed by atoms with E-state index in [1.165, 1.54) is 6.07 Å². The van der Waals surface area contributed by atoms with E-state index in [4.69, 9.17) is 5.11 Å². The van der Waals surface area contributed by atoms with Gasteiger partial charge in [0.2, 0.25) is 0 Å². The maximum absolute atomic E-state index is 10.8. The largest absolute Gasteiger partial charge is 0.477 e. The minimum atomic E-state index is -1.05. The molecule has 3 N–H and O–H groups in total. The van der Waals surface area contributed by atoms with Crippen LogP contribution in [0.3, 0.4) is 0 Å². The number of carboxylic acid groups (broad SMARTS) is 1. The third-order valence-corrected chi connectivity index (χ3v) is 2.67. The van der Waals surface area contributed by atoms with Gasteiger partial charge in [0.05, 0.1) is 11.3 Å². The molecule has 0 atom stereocenters. The third-order valence-electron chi connectivity index (χ3n) is 2.67. The SMILES string of the molecule is CC(C)(O)c1cccc(-c2cc(C(=O)O)[nH]n2)c1. The Morgan fingerprint density at radius 2 is 2.06 bits per heavy atom. The van der Waals surface area contributed by atoms with Crippen LogP contribution in [0.4, 0.5) is 0 Å². The number of aromatic amines is 1. The number of hydrogen-bond donors (Lipinski definition) is 3. The van der Waals surface area contributed by atoms with Crippen molar-refractivity contribution in [2.24, 2.45) is 0 Å². The molecule has 18 heavy (non-hydrogen) atoms. The lowest BCUT2D eigenvalue weighted by atomic mass is 9.96. The zero-order chi connectivity index (χ0) is 13.3. The van der Waals surface area contributed by atoms with Gasteiger partial charge in [-0.3, -0.25) is 5.10 Å². The van der Waals surface area contributed by atoms with Crippen LogP contribution in [0.1, 0.15) is 29.9 Å². The highest BCUT2D eigenvalue weighted by Gasteiger charge is 2.17. The van der Waals surface area contributed by atoms with Gasteiger partial charge in [0.15, 0.2) is 0 Å². The summed E-state index contributed by atoms with van der Waals surface area (Å²) in [6.07, 6.45) is 0. The van der Waals surface area contributed by atoms with Crippen molar-refractivity contribution in [1.29, 1.82) is 0 Å². The summed E-state index contributed by atoms with van der Waals surface area (Å²) in [5, 5.41) is 25.1. The summed E-state index contributed by atoms with van der Waals surface area (Å²) >= 11 is 0. The van der Waals surface area contributed by atoms with E-state index in [-0.39, 0.29) is 5.69 Å². The number of carbonyl (C=O) groups is 1. The van der Waals surface area contributed by atoms with Gasteiger partial charge in [-0.2, -0.15) is 5.10 Å². The topological polar surface area (TPSA) is 86.2 Å². The van der Waals surface area contributed by atoms with E-state index in [9.17, 15) is 9.90 Å². The molecule has 2 rings (SSSR count). The first-order chi connectivity index (χ1) is 8.38. The van der Waals surface area contributed by atoms with E-state index in [0.717, 1.165) is 11.1 Å². The van der Waals surface area contributed by atoms with Gasteiger partial charge in [-0.15, -0.1) is 0 Å². The molecule has 0 fully saturated rings. The van der Waals surface area contributed by atoms with Gasteiger partial charge in [0.1, 0.15) is 5.69 Å². The van der Waals surface area contributed by atoms with Crippen LogP contribution in [-0.4, -0.2) is 26.4 Å². The Kier molecular flexibility index (Phi) is 2.92. The molecular weight excluding hydrogens is 232 g/mol. The Bertz CT molecular complexity index is 582. The summed E-state index contributed by atoms with van der Waals surface area (Å²) in [6.45, 7) is 3.39. The fourth-order valence-corrected chi connectivity index (χ4v) is 1.64. The first-order valence-corrected chi connectivity index (χ1v) is 5.50.